The van der Waals surface area contributed by atoms with Crippen LogP contribution in [0.15, 0.2) is 18.2 Å². The fourth-order valence-corrected chi connectivity index (χ4v) is 1.14. The second-order valence-corrected chi connectivity index (χ2v) is 3.34. The number of carbonyl (C=O) groups is 1. The van der Waals surface area contributed by atoms with Gasteiger partial charge in [0.25, 0.3) is 0 Å². The van der Waals surface area contributed by atoms with Crippen LogP contribution in [-0.4, -0.2) is 12.5 Å². The molecule has 0 aliphatic heterocycles. The summed E-state index contributed by atoms with van der Waals surface area (Å²) in [4.78, 5) is 10.6. The van der Waals surface area contributed by atoms with Crippen molar-refractivity contribution in [1.29, 1.82) is 5.26 Å². The molecule has 0 saturated carbocycles. The molecule has 0 aliphatic rings. The fraction of sp³-hybridized carbons (Fsp3) is 0.231. The number of nitrogens with zero attached hydrogens (tertiary/aromatic N) is 1. The largest absolute Gasteiger partial charge is 0.355 e. The Labute approximate surface area is 99.3 Å². The Morgan fingerprint density at radius 1 is 1.53 bits per heavy atom. The van der Waals surface area contributed by atoms with Crippen LogP contribution in [-0.2, 0) is 4.79 Å². The number of carbonyl (C=O) groups excluding carboxylic acids is 1. The smallest absolute Gasteiger partial charge is 0.216 e. The summed E-state index contributed by atoms with van der Waals surface area (Å²) >= 11 is 0. The van der Waals surface area contributed by atoms with Crippen LogP contribution in [0.4, 0.5) is 4.39 Å². The van der Waals surface area contributed by atoms with Crippen molar-refractivity contribution >= 4 is 5.91 Å². The van der Waals surface area contributed by atoms with Crippen molar-refractivity contribution < 1.29 is 9.18 Å². The molecule has 0 bridgehead atoms. The minimum atomic E-state index is -0.504. The van der Waals surface area contributed by atoms with Crippen LogP contribution in [0.2, 0.25) is 0 Å². The lowest BCUT2D eigenvalue weighted by atomic mass is 10.1. The van der Waals surface area contributed by atoms with Gasteiger partial charge in [0.05, 0.1) is 17.2 Å². The van der Waals surface area contributed by atoms with E-state index in [1.54, 1.807) is 0 Å². The van der Waals surface area contributed by atoms with Gasteiger partial charge in [-0.15, -0.1) is 0 Å². The summed E-state index contributed by atoms with van der Waals surface area (Å²) in [7, 11) is 0. The van der Waals surface area contributed by atoms with E-state index in [-0.39, 0.29) is 17.0 Å². The van der Waals surface area contributed by atoms with E-state index in [2.05, 4.69) is 17.2 Å². The molecule has 0 radical (unpaired) electrons. The Kier molecular flexibility index (Phi) is 4.72. The molecule has 0 atom stereocenters. The maximum absolute atomic E-state index is 13.4. The lowest BCUT2D eigenvalue weighted by Gasteiger charge is -1.96. The van der Waals surface area contributed by atoms with E-state index in [9.17, 15) is 9.18 Å². The van der Waals surface area contributed by atoms with Crippen LogP contribution in [0.3, 0.4) is 0 Å². The predicted molar refractivity (Wildman–Crippen MR) is 61.3 cm³/mol. The molecule has 3 nitrogen and oxygen atoms in total. The minimum Gasteiger partial charge on any atom is -0.355 e. The van der Waals surface area contributed by atoms with E-state index in [0.29, 0.717) is 13.0 Å². The van der Waals surface area contributed by atoms with E-state index in [1.165, 1.54) is 19.1 Å². The van der Waals surface area contributed by atoms with Crippen molar-refractivity contribution in [3.63, 3.8) is 0 Å². The highest BCUT2D eigenvalue weighted by Crippen LogP contribution is 2.08. The normalized spacial score (nSPS) is 8.76. The molecule has 0 heterocycles. The lowest BCUT2D eigenvalue weighted by molar-refractivity contribution is -0.118. The van der Waals surface area contributed by atoms with Gasteiger partial charge in [0.1, 0.15) is 5.82 Å². The highest BCUT2D eigenvalue weighted by molar-refractivity contribution is 5.72. The Hall–Kier alpha value is -2.33. The van der Waals surface area contributed by atoms with E-state index >= 15 is 0 Å². The summed E-state index contributed by atoms with van der Waals surface area (Å²) in [5.74, 6) is 4.78. The quantitative estimate of drug-likeness (QED) is 0.619. The summed E-state index contributed by atoms with van der Waals surface area (Å²) < 4.78 is 13.4. The first-order valence-electron chi connectivity index (χ1n) is 5.06. The standard InChI is InChI=1S/C13H11FN2O/c1-10(17)16-7-3-2-4-12-6-5-11(9-15)8-13(12)14/h5-6,8H,3,7H2,1H3,(H,16,17). The van der Waals surface area contributed by atoms with Gasteiger partial charge in [-0.2, -0.15) is 5.26 Å². The third-order valence-corrected chi connectivity index (χ3v) is 1.95. The number of rotatable bonds is 2. The molecule has 1 amide bonds. The topological polar surface area (TPSA) is 52.9 Å². The zero-order valence-electron chi connectivity index (χ0n) is 9.38. The van der Waals surface area contributed by atoms with Crippen molar-refractivity contribution in [2.75, 3.05) is 6.54 Å². The van der Waals surface area contributed by atoms with Crippen molar-refractivity contribution in [2.45, 2.75) is 13.3 Å². The Morgan fingerprint density at radius 3 is 2.88 bits per heavy atom. The van der Waals surface area contributed by atoms with Crippen LogP contribution in [0.5, 0.6) is 0 Å². The monoisotopic (exact) mass is 230 g/mol. The molecular formula is C13H11FN2O. The lowest BCUT2D eigenvalue weighted by Crippen LogP contribution is -2.20. The van der Waals surface area contributed by atoms with Crippen LogP contribution >= 0.6 is 0 Å². The highest BCUT2D eigenvalue weighted by atomic mass is 19.1. The van der Waals surface area contributed by atoms with Crippen LogP contribution < -0.4 is 5.32 Å². The summed E-state index contributed by atoms with van der Waals surface area (Å²) in [6, 6.07) is 5.99. The van der Waals surface area contributed by atoms with Gasteiger partial charge in [0.2, 0.25) is 5.91 Å². The molecule has 0 fully saturated rings. The number of benzene rings is 1. The molecule has 0 unspecified atom stereocenters. The van der Waals surface area contributed by atoms with E-state index in [4.69, 9.17) is 5.26 Å². The number of hydrogen-bond donors (Lipinski definition) is 1. The molecule has 4 heteroatoms. The SMILES string of the molecule is CC(=O)NCCC#Cc1ccc(C#N)cc1F. The first kappa shape index (κ1) is 12.7. The van der Waals surface area contributed by atoms with E-state index < -0.39 is 5.82 Å². The summed E-state index contributed by atoms with van der Waals surface area (Å²) in [6.45, 7) is 1.87. The fourth-order valence-electron chi connectivity index (χ4n) is 1.14. The second kappa shape index (κ2) is 6.30. The molecule has 1 aromatic rings. The van der Waals surface area contributed by atoms with Crippen molar-refractivity contribution in [1.82, 2.24) is 5.32 Å². The first-order valence-corrected chi connectivity index (χ1v) is 5.06. The van der Waals surface area contributed by atoms with Crippen molar-refractivity contribution in [2.24, 2.45) is 0 Å². The van der Waals surface area contributed by atoms with E-state index in [0.717, 1.165) is 6.07 Å². The summed E-state index contributed by atoms with van der Waals surface area (Å²) in [5.41, 5.74) is 0.526. The Morgan fingerprint density at radius 2 is 2.29 bits per heavy atom. The van der Waals surface area contributed by atoms with E-state index in [1.807, 2.05) is 6.07 Å². The van der Waals surface area contributed by atoms with Gasteiger partial charge in [-0.3, -0.25) is 4.79 Å². The third kappa shape index (κ3) is 4.36. The van der Waals surface area contributed by atoms with Gasteiger partial charge in [0.15, 0.2) is 0 Å². The van der Waals surface area contributed by atoms with Gasteiger partial charge in [-0.1, -0.05) is 11.8 Å². The Balaban J connectivity index is 2.60. The zero-order chi connectivity index (χ0) is 12.7. The molecule has 0 saturated heterocycles. The molecule has 86 valence electrons. The van der Waals surface area contributed by atoms with Crippen LogP contribution in [0.25, 0.3) is 0 Å². The Bertz CT molecular complexity index is 520. The molecule has 0 aromatic heterocycles. The molecular weight excluding hydrogens is 219 g/mol. The first-order chi connectivity index (χ1) is 8.13. The average Bonchev–Trinajstić information content (AvgIpc) is 2.30. The van der Waals surface area contributed by atoms with Gasteiger partial charge in [-0.25, -0.2) is 4.39 Å². The molecule has 1 N–H and O–H groups in total. The van der Waals surface area contributed by atoms with Crippen LogP contribution in [0.1, 0.15) is 24.5 Å². The summed E-state index contributed by atoms with van der Waals surface area (Å²) in [6.07, 6.45) is 0.457. The molecule has 17 heavy (non-hydrogen) atoms. The minimum absolute atomic E-state index is 0.114. The number of halogens is 1. The van der Waals surface area contributed by atoms with Crippen LogP contribution in [0, 0.1) is 29.0 Å². The number of nitrogens with one attached hydrogen (secondary N) is 1. The molecule has 1 aromatic carbocycles. The maximum atomic E-state index is 13.4. The third-order valence-electron chi connectivity index (χ3n) is 1.95. The number of hydrogen-bond acceptors (Lipinski definition) is 2. The van der Waals surface area contributed by atoms with Gasteiger partial charge >= 0.3 is 0 Å². The zero-order valence-corrected chi connectivity index (χ0v) is 9.38. The molecule has 1 rings (SSSR count). The van der Waals surface area contributed by atoms with Gasteiger partial charge in [-0.05, 0) is 18.2 Å². The maximum Gasteiger partial charge on any atom is 0.216 e. The summed E-state index contributed by atoms with van der Waals surface area (Å²) in [5, 5.41) is 11.1. The highest BCUT2D eigenvalue weighted by Gasteiger charge is 1.99. The number of amides is 1. The number of nitriles is 1. The van der Waals surface area contributed by atoms with Crippen molar-refractivity contribution in [3.05, 3.63) is 35.1 Å². The second-order valence-electron chi connectivity index (χ2n) is 3.34. The van der Waals surface area contributed by atoms with Gasteiger partial charge < -0.3 is 5.32 Å². The van der Waals surface area contributed by atoms with Gasteiger partial charge in [0, 0.05) is 19.9 Å². The molecule has 0 spiro atoms. The average molecular weight is 230 g/mol. The molecule has 0 aliphatic carbocycles. The van der Waals surface area contributed by atoms with Crippen molar-refractivity contribution in [3.8, 4) is 17.9 Å². The predicted octanol–water partition coefficient (Wildman–Crippen LogP) is 1.58.